The van der Waals surface area contributed by atoms with Crippen LogP contribution in [0.1, 0.15) is 68.0 Å². The van der Waals surface area contributed by atoms with Crippen molar-refractivity contribution in [3.63, 3.8) is 0 Å². The van der Waals surface area contributed by atoms with E-state index >= 15 is 4.39 Å². The molecule has 3 fully saturated rings. The van der Waals surface area contributed by atoms with E-state index in [4.69, 9.17) is 9.47 Å². The Balaban J connectivity index is 0.838. The molecule has 0 spiro atoms. The molecule has 5 aromatic rings. The minimum Gasteiger partial charge on any atom is -0.494 e. The lowest BCUT2D eigenvalue weighted by atomic mass is 9.89. The summed E-state index contributed by atoms with van der Waals surface area (Å²) in [4.78, 5) is 52.0. The molecule has 3 saturated heterocycles. The first-order valence-electron chi connectivity index (χ1n) is 19.6. The van der Waals surface area contributed by atoms with Gasteiger partial charge in [-0.15, -0.1) is 0 Å². The zero-order chi connectivity index (χ0) is 40.6. The average molecular weight is 813 g/mol. The Kier molecular flexibility index (Phi) is 11.0. The van der Waals surface area contributed by atoms with E-state index in [9.17, 15) is 27.6 Å². The van der Waals surface area contributed by atoms with Gasteiger partial charge in [-0.1, -0.05) is 42.5 Å². The van der Waals surface area contributed by atoms with Crippen LogP contribution in [0.5, 0.6) is 11.5 Å². The fourth-order valence-corrected chi connectivity index (χ4v) is 9.43. The molecular weight excluding hydrogens is 768 g/mol. The van der Waals surface area contributed by atoms with Crippen LogP contribution in [-0.4, -0.2) is 73.0 Å². The van der Waals surface area contributed by atoms with Crippen molar-refractivity contribution in [1.29, 1.82) is 0 Å². The third-order valence-electron chi connectivity index (χ3n) is 11.4. The van der Waals surface area contributed by atoms with Crippen molar-refractivity contribution in [2.45, 2.75) is 63.5 Å². The number of carbonyl (C=O) groups is 3. The third kappa shape index (κ3) is 7.90. The summed E-state index contributed by atoms with van der Waals surface area (Å²) < 4.78 is 59.6. The number of hydrogen-bond donors (Lipinski definition) is 2. The number of benzene rings is 4. The Morgan fingerprint density at radius 1 is 0.845 bits per heavy atom. The predicted molar refractivity (Wildman–Crippen MR) is 215 cm³/mol. The lowest BCUT2D eigenvalue weighted by Gasteiger charge is -2.32. The molecule has 14 nitrogen and oxygen atoms in total. The minimum atomic E-state index is -4.31. The molecule has 58 heavy (non-hydrogen) atoms. The number of unbranched alkanes of at least 4 members (excludes halogenated alkanes) is 2. The van der Waals surface area contributed by atoms with Crippen LogP contribution in [0, 0.1) is 5.82 Å². The fraction of sp³-hybridized carbons (Fsp3) is 0.381. The van der Waals surface area contributed by atoms with Crippen molar-refractivity contribution in [3.8, 4) is 11.5 Å². The highest BCUT2D eigenvalue weighted by Crippen LogP contribution is 2.41. The molecule has 1 aromatic heterocycles. The molecule has 1 atom stereocenters. The van der Waals surface area contributed by atoms with Gasteiger partial charge in [-0.3, -0.25) is 28.8 Å². The predicted octanol–water partition coefficient (Wildman–Crippen LogP) is 4.80. The smallest absolute Gasteiger partial charge is 0.329 e. The molecule has 16 heteroatoms. The summed E-state index contributed by atoms with van der Waals surface area (Å²) in [7, 11) is -2.59. The minimum absolute atomic E-state index is 0.000616. The molecule has 2 N–H and O–H groups in total. The number of aryl methyl sites for hydroxylation is 1. The van der Waals surface area contributed by atoms with Gasteiger partial charge in [0.15, 0.2) is 5.82 Å². The van der Waals surface area contributed by atoms with Gasteiger partial charge in [-0.25, -0.2) is 18.2 Å². The van der Waals surface area contributed by atoms with Crippen LogP contribution >= 0.6 is 0 Å². The first-order chi connectivity index (χ1) is 28.0. The summed E-state index contributed by atoms with van der Waals surface area (Å²) >= 11 is 0. The Morgan fingerprint density at radius 3 is 2.38 bits per heavy atom. The second-order valence-corrected chi connectivity index (χ2v) is 16.8. The monoisotopic (exact) mass is 812 g/mol. The average Bonchev–Trinajstić information content (AvgIpc) is 3.63. The maximum Gasteiger partial charge on any atom is 0.329 e. The number of piperidine rings is 2. The van der Waals surface area contributed by atoms with Crippen molar-refractivity contribution in [1.82, 2.24) is 24.1 Å². The second kappa shape index (κ2) is 16.3. The summed E-state index contributed by atoms with van der Waals surface area (Å²) in [6.45, 7) is 2.82. The van der Waals surface area contributed by atoms with Gasteiger partial charge in [-0.05, 0) is 111 Å². The van der Waals surface area contributed by atoms with Crippen molar-refractivity contribution in [3.05, 3.63) is 100 Å². The third-order valence-corrected chi connectivity index (χ3v) is 12.8. The highest BCUT2D eigenvalue weighted by molar-refractivity contribution is 7.92. The van der Waals surface area contributed by atoms with Crippen LogP contribution in [0.4, 0.5) is 10.1 Å². The Bertz CT molecular complexity index is 2570. The van der Waals surface area contributed by atoms with Gasteiger partial charge in [0.05, 0.1) is 17.6 Å². The number of carbonyl (C=O) groups excluding carboxylic acids is 3. The first kappa shape index (κ1) is 39.1. The number of rotatable bonds is 13. The van der Waals surface area contributed by atoms with Crippen LogP contribution in [0.15, 0.2) is 77.6 Å². The Labute approximate surface area is 334 Å². The molecule has 4 aromatic carbocycles. The molecule has 3 amide bonds. The maximum atomic E-state index is 16.3. The number of nitrogens with one attached hydrogen (secondary N) is 2. The number of fused-ring (bicyclic) bond motifs is 2. The molecule has 304 valence electrons. The second-order valence-electron chi connectivity index (χ2n) is 15.2. The van der Waals surface area contributed by atoms with E-state index in [1.54, 1.807) is 35.9 Å². The number of aromatic nitrogens is 2. The number of imidazole rings is 1. The zero-order valence-corrected chi connectivity index (χ0v) is 32.9. The summed E-state index contributed by atoms with van der Waals surface area (Å²) in [6.07, 6.45) is 5.23. The fourth-order valence-electron chi connectivity index (χ4n) is 8.27. The van der Waals surface area contributed by atoms with Crippen molar-refractivity contribution in [2.24, 2.45) is 7.05 Å². The number of imide groups is 1. The highest BCUT2D eigenvalue weighted by atomic mass is 32.2. The molecule has 0 bridgehead atoms. The number of likely N-dealkylation sites (tertiary alicyclic amines) is 1. The summed E-state index contributed by atoms with van der Waals surface area (Å²) in [5, 5.41) is 2.99. The normalized spacial score (nSPS) is 18.8. The van der Waals surface area contributed by atoms with E-state index in [1.807, 2.05) is 41.1 Å². The van der Waals surface area contributed by atoms with Gasteiger partial charge < -0.3 is 14.4 Å². The number of nitrogens with zero attached hydrogens (tertiary/aromatic N) is 4. The molecule has 0 radical (unpaired) electrons. The van der Waals surface area contributed by atoms with Crippen LogP contribution in [0.3, 0.4) is 0 Å². The lowest BCUT2D eigenvalue weighted by Crippen LogP contribution is -2.44. The SMILES string of the molecule is Cn1c(=O)n(C2CCC(=O)NC2=O)c2ccc(C3CCN(CCCCCOc4ccc5cc(OCc6ccccc6)c(N6CC(=O)NS6(=O)=O)c(F)c5c4)CC3)cc21. The first-order valence-corrected chi connectivity index (χ1v) is 21.1. The molecule has 4 heterocycles. The molecule has 0 saturated carbocycles. The van der Waals surface area contributed by atoms with Crippen LogP contribution in [0.2, 0.25) is 0 Å². The van der Waals surface area contributed by atoms with Gasteiger partial charge in [0.2, 0.25) is 11.8 Å². The summed E-state index contributed by atoms with van der Waals surface area (Å²) in [5.41, 5.74) is 2.86. The van der Waals surface area contributed by atoms with E-state index in [2.05, 4.69) is 22.3 Å². The number of ether oxygens (including phenoxy) is 2. The van der Waals surface area contributed by atoms with Crippen LogP contribution < -0.4 is 29.5 Å². The Morgan fingerprint density at radius 2 is 1.64 bits per heavy atom. The van der Waals surface area contributed by atoms with Gasteiger partial charge in [0, 0.05) is 18.9 Å². The van der Waals surface area contributed by atoms with Crippen molar-refractivity contribution >= 4 is 55.4 Å². The molecule has 3 aliphatic heterocycles. The van der Waals surface area contributed by atoms with Gasteiger partial charge in [0.25, 0.3) is 5.91 Å². The molecule has 3 aliphatic rings. The van der Waals surface area contributed by atoms with Crippen molar-refractivity contribution < 1.29 is 36.7 Å². The summed E-state index contributed by atoms with van der Waals surface area (Å²) in [6, 6.07) is 21.1. The molecule has 0 aliphatic carbocycles. The largest absolute Gasteiger partial charge is 0.494 e. The van der Waals surface area contributed by atoms with Crippen LogP contribution in [-0.2, 0) is 38.2 Å². The zero-order valence-electron chi connectivity index (χ0n) is 32.1. The number of anilines is 1. The standard InChI is InChI=1S/C42H45FN6O8S/c1-46-35-22-29(11-13-33(35)49(42(46)53)34-14-15-37(50)44-41(34)52)28-16-19-47(20-17-28)18-6-3-7-21-56-31-12-10-30-23-36(57-26-27-8-4-2-5-9-27)40(39(43)32(30)24-31)48-25-38(51)45-58(48,54)55/h2,4-5,8-13,22-24,28,34H,3,6-7,14-21,25-26H2,1H3,(H,45,51)(H,44,50,52). The molecular formula is C42H45FN6O8S. The van der Waals surface area contributed by atoms with Gasteiger partial charge in [-0.2, -0.15) is 8.42 Å². The van der Waals surface area contributed by atoms with E-state index in [0.29, 0.717) is 39.9 Å². The highest BCUT2D eigenvalue weighted by Gasteiger charge is 2.38. The van der Waals surface area contributed by atoms with Crippen molar-refractivity contribution in [2.75, 3.05) is 37.1 Å². The van der Waals surface area contributed by atoms with E-state index < -0.39 is 40.4 Å². The number of hydrogen-bond acceptors (Lipinski definition) is 9. The molecule has 8 rings (SSSR count). The molecule has 1 unspecified atom stereocenters. The topological polar surface area (TPSA) is 161 Å². The van der Waals surface area contributed by atoms with E-state index in [0.717, 1.165) is 62.8 Å². The Hall–Kier alpha value is -5.74. The summed E-state index contributed by atoms with van der Waals surface area (Å²) in [5.74, 6) is -1.54. The number of halogens is 1. The van der Waals surface area contributed by atoms with Gasteiger partial charge >= 0.3 is 15.9 Å². The lowest BCUT2D eigenvalue weighted by molar-refractivity contribution is -0.135. The van der Waals surface area contributed by atoms with E-state index in [-0.39, 0.29) is 41.4 Å². The number of amides is 3. The van der Waals surface area contributed by atoms with Gasteiger partial charge in [0.1, 0.15) is 36.4 Å². The quantitative estimate of drug-likeness (QED) is 0.126. The maximum absolute atomic E-state index is 16.3. The van der Waals surface area contributed by atoms with Crippen LogP contribution in [0.25, 0.3) is 21.8 Å². The van der Waals surface area contributed by atoms with E-state index in [1.165, 1.54) is 10.1 Å².